The second kappa shape index (κ2) is 3.94. The summed E-state index contributed by atoms with van der Waals surface area (Å²) >= 11 is 0. The van der Waals surface area contributed by atoms with E-state index in [2.05, 4.69) is 10.1 Å². The van der Waals surface area contributed by atoms with E-state index < -0.39 is 9.84 Å². The van der Waals surface area contributed by atoms with Gasteiger partial charge in [0, 0.05) is 12.0 Å². The topological polar surface area (TPSA) is 84.3 Å². The Morgan fingerprint density at radius 2 is 2.00 bits per heavy atom. The van der Waals surface area contributed by atoms with Crippen molar-refractivity contribution in [3.05, 3.63) is 34.4 Å². The van der Waals surface area contributed by atoms with Crippen LogP contribution in [0.2, 0.25) is 0 Å². The molecule has 96 valence electrons. The van der Waals surface area contributed by atoms with Crippen molar-refractivity contribution >= 4 is 15.5 Å². The number of hydrogen-bond acceptors (Lipinski definition) is 4. The first kappa shape index (κ1) is 11.5. The molecule has 2 aromatic heterocycles. The standard InChI is InChI=1S/C11H13N3O3S/c15-10-3-1-2-9-12-11(13-14(9)10)8-4-6-18(16,17)7-5-8/h1-3,8H,4-7H2,(H,12,13). The SMILES string of the molecule is O=c1cccc2nc(C3CCS(=O)(=O)CC3)[nH]n12. The van der Waals surface area contributed by atoms with Crippen molar-refractivity contribution in [3.8, 4) is 0 Å². The molecule has 0 amide bonds. The Labute approximate surface area is 104 Å². The molecule has 0 spiro atoms. The van der Waals surface area contributed by atoms with Crippen LogP contribution in [0.5, 0.6) is 0 Å². The Balaban J connectivity index is 1.96. The van der Waals surface area contributed by atoms with Crippen molar-refractivity contribution in [2.45, 2.75) is 18.8 Å². The molecular weight excluding hydrogens is 254 g/mol. The Hall–Kier alpha value is -1.63. The molecule has 1 N–H and O–H groups in total. The van der Waals surface area contributed by atoms with Gasteiger partial charge in [0.2, 0.25) is 0 Å². The number of hydrogen-bond donors (Lipinski definition) is 1. The Bertz CT molecular complexity index is 730. The average molecular weight is 267 g/mol. The molecule has 6 nitrogen and oxygen atoms in total. The molecule has 0 bridgehead atoms. The van der Waals surface area contributed by atoms with Crippen LogP contribution in [0.25, 0.3) is 5.65 Å². The van der Waals surface area contributed by atoms with Crippen molar-refractivity contribution in [3.63, 3.8) is 0 Å². The summed E-state index contributed by atoms with van der Waals surface area (Å²) in [5.41, 5.74) is 0.417. The van der Waals surface area contributed by atoms with E-state index in [1.54, 1.807) is 12.1 Å². The number of aromatic amines is 1. The number of nitrogens with zero attached hydrogens (tertiary/aromatic N) is 2. The molecule has 0 unspecified atom stereocenters. The number of sulfone groups is 1. The highest BCUT2D eigenvalue weighted by Crippen LogP contribution is 2.26. The molecule has 0 atom stereocenters. The van der Waals surface area contributed by atoms with Crippen LogP contribution in [-0.4, -0.2) is 34.5 Å². The third-order valence-corrected chi connectivity index (χ3v) is 5.05. The second-order valence-electron chi connectivity index (χ2n) is 4.59. The lowest BCUT2D eigenvalue weighted by atomic mass is 10.0. The summed E-state index contributed by atoms with van der Waals surface area (Å²) < 4.78 is 24.1. The first-order valence-electron chi connectivity index (χ1n) is 5.83. The summed E-state index contributed by atoms with van der Waals surface area (Å²) in [6, 6.07) is 4.87. The lowest BCUT2D eigenvalue weighted by Crippen LogP contribution is -2.23. The van der Waals surface area contributed by atoms with E-state index in [9.17, 15) is 13.2 Å². The molecule has 0 saturated carbocycles. The number of nitrogens with one attached hydrogen (secondary N) is 1. The molecule has 0 radical (unpaired) electrons. The maximum absolute atomic E-state index is 11.6. The monoisotopic (exact) mass is 267 g/mol. The molecule has 7 heteroatoms. The van der Waals surface area contributed by atoms with E-state index in [1.807, 2.05) is 0 Å². The summed E-state index contributed by atoms with van der Waals surface area (Å²) in [5.74, 6) is 1.19. The van der Waals surface area contributed by atoms with Gasteiger partial charge in [-0.3, -0.25) is 9.89 Å². The predicted octanol–water partition coefficient (Wildman–Crippen LogP) is 0.315. The minimum atomic E-state index is -2.87. The largest absolute Gasteiger partial charge is 0.276 e. The van der Waals surface area contributed by atoms with Gasteiger partial charge >= 0.3 is 0 Å². The van der Waals surface area contributed by atoms with Crippen LogP contribution in [0, 0.1) is 0 Å². The molecule has 1 aliphatic rings. The molecule has 3 heterocycles. The molecule has 0 aliphatic carbocycles. The Kier molecular flexibility index (Phi) is 2.51. The van der Waals surface area contributed by atoms with E-state index >= 15 is 0 Å². The zero-order valence-electron chi connectivity index (χ0n) is 9.67. The molecule has 0 aromatic carbocycles. The van der Waals surface area contributed by atoms with Crippen molar-refractivity contribution in [1.82, 2.24) is 14.6 Å². The zero-order valence-corrected chi connectivity index (χ0v) is 10.5. The molecule has 3 rings (SSSR count). The highest BCUT2D eigenvalue weighted by Gasteiger charge is 2.26. The number of rotatable bonds is 1. The van der Waals surface area contributed by atoms with Gasteiger partial charge in [-0.25, -0.2) is 17.9 Å². The van der Waals surface area contributed by atoms with E-state index in [0.717, 1.165) is 0 Å². The molecule has 1 saturated heterocycles. The number of aromatic nitrogens is 3. The van der Waals surface area contributed by atoms with E-state index in [0.29, 0.717) is 24.3 Å². The molecule has 2 aromatic rings. The fourth-order valence-electron chi connectivity index (χ4n) is 2.29. The first-order chi connectivity index (χ1) is 8.55. The fourth-order valence-corrected chi connectivity index (χ4v) is 3.78. The summed E-state index contributed by atoms with van der Waals surface area (Å²) in [7, 11) is -2.87. The lowest BCUT2D eigenvalue weighted by Gasteiger charge is -2.19. The van der Waals surface area contributed by atoms with Crippen LogP contribution in [0.1, 0.15) is 24.6 Å². The lowest BCUT2D eigenvalue weighted by molar-refractivity contribution is 0.536. The third-order valence-electron chi connectivity index (χ3n) is 3.34. The molecule has 18 heavy (non-hydrogen) atoms. The summed E-state index contributed by atoms with van der Waals surface area (Å²) in [5, 5.41) is 2.96. The second-order valence-corrected chi connectivity index (χ2v) is 6.90. The number of H-pyrrole nitrogens is 1. The fraction of sp³-hybridized carbons (Fsp3) is 0.455. The summed E-state index contributed by atoms with van der Waals surface area (Å²) in [6.07, 6.45) is 1.13. The van der Waals surface area contributed by atoms with Gasteiger partial charge in [-0.15, -0.1) is 0 Å². The highest BCUT2D eigenvalue weighted by atomic mass is 32.2. The Morgan fingerprint density at radius 3 is 2.67 bits per heavy atom. The summed E-state index contributed by atoms with van der Waals surface area (Å²) in [6.45, 7) is 0. The average Bonchev–Trinajstić information content (AvgIpc) is 2.74. The number of pyridine rings is 1. The Morgan fingerprint density at radius 1 is 1.28 bits per heavy atom. The smallest absolute Gasteiger partial charge is 0.271 e. The van der Waals surface area contributed by atoms with Crippen molar-refractivity contribution in [1.29, 1.82) is 0 Å². The van der Waals surface area contributed by atoms with Crippen molar-refractivity contribution in [2.24, 2.45) is 0 Å². The highest BCUT2D eigenvalue weighted by molar-refractivity contribution is 7.91. The van der Waals surface area contributed by atoms with Gasteiger partial charge in [-0.05, 0) is 18.9 Å². The van der Waals surface area contributed by atoms with Gasteiger partial charge in [0.1, 0.15) is 15.7 Å². The first-order valence-corrected chi connectivity index (χ1v) is 7.65. The zero-order chi connectivity index (χ0) is 12.8. The van der Waals surface area contributed by atoms with Crippen LogP contribution < -0.4 is 5.56 Å². The van der Waals surface area contributed by atoms with Gasteiger partial charge in [0.25, 0.3) is 5.56 Å². The van der Waals surface area contributed by atoms with Gasteiger partial charge in [0.05, 0.1) is 11.5 Å². The maximum atomic E-state index is 11.6. The minimum absolute atomic E-state index is 0.0906. The van der Waals surface area contributed by atoms with Gasteiger partial charge in [-0.2, -0.15) is 0 Å². The van der Waals surface area contributed by atoms with Crippen LogP contribution in [0.15, 0.2) is 23.0 Å². The molecule has 1 fully saturated rings. The van der Waals surface area contributed by atoms with E-state index in [4.69, 9.17) is 0 Å². The third kappa shape index (κ3) is 1.94. The quantitative estimate of drug-likeness (QED) is 0.806. The van der Waals surface area contributed by atoms with Gasteiger partial charge in [0.15, 0.2) is 5.65 Å². The van der Waals surface area contributed by atoms with Crippen LogP contribution in [-0.2, 0) is 9.84 Å². The van der Waals surface area contributed by atoms with Gasteiger partial charge < -0.3 is 0 Å². The normalized spacial score (nSPS) is 20.2. The van der Waals surface area contributed by atoms with Crippen molar-refractivity contribution in [2.75, 3.05) is 11.5 Å². The van der Waals surface area contributed by atoms with Gasteiger partial charge in [-0.1, -0.05) is 6.07 Å². The molecular formula is C11H13N3O3S. The number of fused-ring (bicyclic) bond motifs is 1. The molecule has 1 aliphatic heterocycles. The van der Waals surface area contributed by atoms with Crippen LogP contribution >= 0.6 is 0 Å². The van der Waals surface area contributed by atoms with E-state index in [1.165, 1.54) is 10.6 Å². The van der Waals surface area contributed by atoms with E-state index in [-0.39, 0.29) is 23.0 Å². The van der Waals surface area contributed by atoms with Crippen LogP contribution in [0.3, 0.4) is 0 Å². The predicted molar refractivity (Wildman–Crippen MR) is 66.4 cm³/mol. The van der Waals surface area contributed by atoms with Crippen molar-refractivity contribution < 1.29 is 8.42 Å². The summed E-state index contributed by atoms with van der Waals surface area (Å²) in [4.78, 5) is 15.9. The maximum Gasteiger partial charge on any atom is 0.271 e. The minimum Gasteiger partial charge on any atom is -0.276 e. The van der Waals surface area contributed by atoms with Crippen LogP contribution in [0.4, 0.5) is 0 Å².